The van der Waals surface area contributed by atoms with Crippen molar-refractivity contribution < 1.29 is 5.11 Å². The summed E-state index contributed by atoms with van der Waals surface area (Å²) in [5.74, 6) is 0.835. The summed E-state index contributed by atoms with van der Waals surface area (Å²) in [6.07, 6.45) is 1.24. The van der Waals surface area contributed by atoms with Gasteiger partial charge in [-0.05, 0) is 43.7 Å². The Morgan fingerprint density at radius 1 is 1.32 bits per heavy atom. The Morgan fingerprint density at radius 2 is 2.11 bits per heavy atom. The number of aromatic nitrogens is 2. The molecule has 0 aromatic carbocycles. The number of aliphatic hydroxyl groups is 1. The predicted octanol–water partition coefficient (Wildman–Crippen LogP) is 2.47. The largest absolute Gasteiger partial charge is 0.389 e. The van der Waals surface area contributed by atoms with Gasteiger partial charge in [-0.25, -0.2) is 4.98 Å². The molecule has 4 nitrogen and oxygen atoms in total. The van der Waals surface area contributed by atoms with Crippen LogP contribution in [0.5, 0.6) is 0 Å². The molecule has 0 radical (unpaired) electrons. The molecule has 2 heterocycles. The first-order chi connectivity index (χ1) is 9.06. The van der Waals surface area contributed by atoms with Crippen molar-refractivity contribution in [3.63, 3.8) is 0 Å². The Bertz CT molecular complexity index is 555. The van der Waals surface area contributed by atoms with E-state index in [0.717, 1.165) is 22.8 Å². The smallest absolute Gasteiger partial charge is 0.128 e. The van der Waals surface area contributed by atoms with Crippen LogP contribution in [0.1, 0.15) is 30.0 Å². The van der Waals surface area contributed by atoms with E-state index in [4.69, 9.17) is 0 Å². The van der Waals surface area contributed by atoms with E-state index in [9.17, 15) is 5.11 Å². The van der Waals surface area contributed by atoms with Gasteiger partial charge in [0.15, 0.2) is 0 Å². The Balaban J connectivity index is 2.15. The summed E-state index contributed by atoms with van der Waals surface area (Å²) in [7, 11) is 1.97. The molecule has 0 aliphatic carbocycles. The number of hydrogen-bond donors (Lipinski definition) is 1. The maximum absolute atomic E-state index is 9.60. The van der Waals surface area contributed by atoms with E-state index >= 15 is 0 Å². The van der Waals surface area contributed by atoms with Gasteiger partial charge in [-0.1, -0.05) is 6.07 Å². The number of pyridine rings is 2. The SMILES string of the molecule is Cc1cccc(CN(C)c2cc(C(C)O)ccn2)n1. The molecule has 4 heteroatoms. The molecule has 0 amide bonds. The molecule has 0 saturated carbocycles. The number of aryl methyl sites for hydroxylation is 1. The molecule has 2 rings (SSSR count). The van der Waals surface area contributed by atoms with Crippen molar-refractivity contribution in [2.45, 2.75) is 26.5 Å². The van der Waals surface area contributed by atoms with Crippen molar-refractivity contribution in [3.8, 4) is 0 Å². The Labute approximate surface area is 113 Å². The van der Waals surface area contributed by atoms with Gasteiger partial charge in [0, 0.05) is 18.9 Å². The molecule has 1 N–H and O–H groups in total. The quantitative estimate of drug-likeness (QED) is 0.914. The van der Waals surface area contributed by atoms with Crippen LogP contribution in [0.3, 0.4) is 0 Å². The van der Waals surface area contributed by atoms with Gasteiger partial charge in [0.2, 0.25) is 0 Å². The summed E-state index contributed by atoms with van der Waals surface area (Å²) in [6.45, 7) is 4.43. The first kappa shape index (κ1) is 13.5. The van der Waals surface area contributed by atoms with Crippen LogP contribution in [0.15, 0.2) is 36.5 Å². The molecule has 2 aromatic rings. The zero-order chi connectivity index (χ0) is 13.8. The molecule has 0 aliphatic rings. The fourth-order valence-electron chi connectivity index (χ4n) is 1.91. The molecule has 19 heavy (non-hydrogen) atoms. The molecular weight excluding hydrogens is 238 g/mol. The Morgan fingerprint density at radius 3 is 2.79 bits per heavy atom. The summed E-state index contributed by atoms with van der Waals surface area (Å²) >= 11 is 0. The fraction of sp³-hybridized carbons (Fsp3) is 0.333. The second-order valence-corrected chi connectivity index (χ2v) is 4.75. The van der Waals surface area contributed by atoms with Crippen LogP contribution in [0.4, 0.5) is 5.82 Å². The van der Waals surface area contributed by atoms with Crippen molar-refractivity contribution in [2.75, 3.05) is 11.9 Å². The molecule has 0 spiro atoms. The number of aliphatic hydroxyl groups excluding tert-OH is 1. The van der Waals surface area contributed by atoms with Gasteiger partial charge in [0.1, 0.15) is 5.82 Å². The van der Waals surface area contributed by atoms with E-state index in [1.165, 1.54) is 0 Å². The lowest BCUT2D eigenvalue weighted by molar-refractivity contribution is 0.199. The minimum absolute atomic E-state index is 0.479. The molecule has 0 bridgehead atoms. The minimum Gasteiger partial charge on any atom is -0.389 e. The van der Waals surface area contributed by atoms with E-state index in [1.807, 2.05) is 49.2 Å². The normalized spacial score (nSPS) is 12.2. The highest BCUT2D eigenvalue weighted by Crippen LogP contribution is 2.18. The third-order valence-corrected chi connectivity index (χ3v) is 2.99. The topological polar surface area (TPSA) is 49.2 Å². The summed E-state index contributed by atoms with van der Waals surface area (Å²) in [5.41, 5.74) is 2.89. The second-order valence-electron chi connectivity index (χ2n) is 4.75. The first-order valence-electron chi connectivity index (χ1n) is 6.34. The summed E-state index contributed by atoms with van der Waals surface area (Å²) in [5, 5.41) is 9.60. The van der Waals surface area contributed by atoms with Gasteiger partial charge < -0.3 is 10.0 Å². The van der Waals surface area contributed by atoms with Crippen molar-refractivity contribution in [1.29, 1.82) is 0 Å². The zero-order valence-electron chi connectivity index (χ0n) is 11.5. The molecule has 0 fully saturated rings. The standard InChI is InChI=1S/C15H19N3O/c1-11-5-4-6-14(17-11)10-18(3)15-9-13(12(2)19)7-8-16-15/h4-9,12,19H,10H2,1-3H3. The van der Waals surface area contributed by atoms with Crippen LogP contribution < -0.4 is 4.90 Å². The summed E-state index contributed by atoms with van der Waals surface area (Å²) in [4.78, 5) is 10.8. The van der Waals surface area contributed by atoms with Gasteiger partial charge in [0.25, 0.3) is 0 Å². The van der Waals surface area contributed by atoms with Gasteiger partial charge >= 0.3 is 0 Å². The van der Waals surface area contributed by atoms with Crippen molar-refractivity contribution in [1.82, 2.24) is 9.97 Å². The Hall–Kier alpha value is -1.94. The van der Waals surface area contributed by atoms with E-state index in [1.54, 1.807) is 13.1 Å². The molecule has 0 aliphatic heterocycles. The molecule has 100 valence electrons. The van der Waals surface area contributed by atoms with Gasteiger partial charge in [-0.2, -0.15) is 0 Å². The number of anilines is 1. The maximum atomic E-state index is 9.60. The summed E-state index contributed by atoms with van der Waals surface area (Å²) in [6, 6.07) is 9.72. The van der Waals surface area contributed by atoms with Crippen molar-refractivity contribution in [3.05, 3.63) is 53.5 Å². The van der Waals surface area contributed by atoms with Crippen molar-refractivity contribution >= 4 is 5.82 Å². The van der Waals surface area contributed by atoms with Gasteiger partial charge in [-0.15, -0.1) is 0 Å². The number of rotatable bonds is 4. The lowest BCUT2D eigenvalue weighted by Gasteiger charge is -2.19. The van der Waals surface area contributed by atoms with Crippen LogP contribution in [-0.4, -0.2) is 22.1 Å². The highest BCUT2D eigenvalue weighted by molar-refractivity contribution is 5.41. The van der Waals surface area contributed by atoms with E-state index < -0.39 is 6.10 Å². The second kappa shape index (κ2) is 5.80. The molecule has 0 saturated heterocycles. The minimum atomic E-state index is -0.479. The molecule has 1 atom stereocenters. The maximum Gasteiger partial charge on any atom is 0.128 e. The number of hydrogen-bond acceptors (Lipinski definition) is 4. The third-order valence-electron chi connectivity index (χ3n) is 2.99. The fourth-order valence-corrected chi connectivity index (χ4v) is 1.91. The van der Waals surface area contributed by atoms with Crippen LogP contribution in [0.2, 0.25) is 0 Å². The van der Waals surface area contributed by atoms with Crippen LogP contribution >= 0.6 is 0 Å². The summed E-state index contributed by atoms with van der Waals surface area (Å²) < 4.78 is 0. The Kier molecular flexibility index (Phi) is 4.12. The average molecular weight is 257 g/mol. The molecule has 1 unspecified atom stereocenters. The predicted molar refractivity (Wildman–Crippen MR) is 76.0 cm³/mol. The first-order valence-corrected chi connectivity index (χ1v) is 6.34. The van der Waals surface area contributed by atoms with Gasteiger partial charge in [-0.3, -0.25) is 4.98 Å². The van der Waals surface area contributed by atoms with Crippen molar-refractivity contribution in [2.24, 2.45) is 0 Å². The average Bonchev–Trinajstić information content (AvgIpc) is 2.39. The lowest BCUT2D eigenvalue weighted by Crippen LogP contribution is -2.18. The highest BCUT2D eigenvalue weighted by atomic mass is 16.3. The monoisotopic (exact) mass is 257 g/mol. The van der Waals surface area contributed by atoms with Crippen LogP contribution in [-0.2, 0) is 6.54 Å². The molecule has 2 aromatic heterocycles. The zero-order valence-corrected chi connectivity index (χ0v) is 11.5. The number of nitrogens with zero attached hydrogens (tertiary/aromatic N) is 3. The van der Waals surface area contributed by atoms with E-state index in [0.29, 0.717) is 6.54 Å². The molecular formula is C15H19N3O. The lowest BCUT2D eigenvalue weighted by atomic mass is 10.1. The van der Waals surface area contributed by atoms with E-state index in [-0.39, 0.29) is 0 Å². The van der Waals surface area contributed by atoms with Crippen LogP contribution in [0, 0.1) is 6.92 Å². The highest BCUT2D eigenvalue weighted by Gasteiger charge is 2.07. The van der Waals surface area contributed by atoms with Crippen LogP contribution in [0.25, 0.3) is 0 Å². The van der Waals surface area contributed by atoms with Gasteiger partial charge in [0.05, 0.1) is 18.3 Å². The van der Waals surface area contributed by atoms with E-state index in [2.05, 4.69) is 9.97 Å². The third kappa shape index (κ3) is 3.51.